The fraction of sp³-hybridized carbons (Fsp3) is 0.417. The SMILES string of the molecule is Cc1ccc(NC[C@H](O)CN=C(N)N)c(C)c1. The second kappa shape index (κ2) is 6.10. The van der Waals surface area contributed by atoms with Crippen LogP contribution in [0.15, 0.2) is 23.2 Å². The molecule has 0 amide bonds. The first-order valence-electron chi connectivity index (χ1n) is 5.53. The molecule has 1 aromatic carbocycles. The third-order valence-corrected chi connectivity index (χ3v) is 2.39. The molecule has 0 unspecified atom stereocenters. The maximum Gasteiger partial charge on any atom is 0.185 e. The average Bonchev–Trinajstić information content (AvgIpc) is 2.25. The summed E-state index contributed by atoms with van der Waals surface area (Å²) in [5.74, 6) is -0.00411. The van der Waals surface area contributed by atoms with E-state index in [0.29, 0.717) is 6.54 Å². The first kappa shape index (κ1) is 13.3. The normalized spacial score (nSPS) is 11.9. The summed E-state index contributed by atoms with van der Waals surface area (Å²) in [5.41, 5.74) is 13.8. The number of aryl methyl sites for hydroxylation is 2. The highest BCUT2D eigenvalue weighted by atomic mass is 16.3. The van der Waals surface area contributed by atoms with Gasteiger partial charge in [-0.1, -0.05) is 17.7 Å². The number of aliphatic hydroxyl groups excluding tert-OH is 1. The highest BCUT2D eigenvalue weighted by molar-refractivity contribution is 5.75. The Morgan fingerprint density at radius 2 is 2.12 bits per heavy atom. The van der Waals surface area contributed by atoms with Crippen molar-refractivity contribution in [3.8, 4) is 0 Å². The standard InChI is InChI=1S/C12H20N4O/c1-8-3-4-11(9(2)5-8)15-6-10(17)7-16-12(13)14/h3-5,10,15,17H,6-7H2,1-2H3,(H4,13,14,16)/t10-/m0/s1. The minimum atomic E-state index is -0.599. The Kier molecular flexibility index (Phi) is 4.78. The molecule has 1 rings (SSSR count). The van der Waals surface area contributed by atoms with Crippen LogP contribution >= 0.6 is 0 Å². The number of hydrogen-bond acceptors (Lipinski definition) is 3. The predicted octanol–water partition coefficient (Wildman–Crippen LogP) is 0.350. The zero-order valence-corrected chi connectivity index (χ0v) is 10.3. The van der Waals surface area contributed by atoms with E-state index in [1.807, 2.05) is 26.0 Å². The van der Waals surface area contributed by atoms with E-state index in [9.17, 15) is 5.11 Å². The summed E-state index contributed by atoms with van der Waals surface area (Å²) >= 11 is 0. The molecule has 0 saturated heterocycles. The second-order valence-corrected chi connectivity index (χ2v) is 4.12. The van der Waals surface area contributed by atoms with Crippen molar-refractivity contribution in [3.63, 3.8) is 0 Å². The smallest absolute Gasteiger partial charge is 0.185 e. The fourth-order valence-electron chi connectivity index (χ4n) is 1.52. The van der Waals surface area contributed by atoms with E-state index >= 15 is 0 Å². The molecule has 94 valence electrons. The first-order valence-corrected chi connectivity index (χ1v) is 5.53. The molecular formula is C12H20N4O. The minimum absolute atomic E-state index is 0.00411. The number of nitrogens with two attached hydrogens (primary N) is 2. The summed E-state index contributed by atoms with van der Waals surface area (Å²) in [6.07, 6.45) is -0.599. The van der Waals surface area contributed by atoms with Crippen LogP contribution in [-0.4, -0.2) is 30.3 Å². The number of aliphatic imine (C=N–C) groups is 1. The maximum atomic E-state index is 9.62. The zero-order chi connectivity index (χ0) is 12.8. The summed E-state index contributed by atoms with van der Waals surface area (Å²) in [5, 5.41) is 12.8. The lowest BCUT2D eigenvalue weighted by Crippen LogP contribution is -2.28. The lowest BCUT2D eigenvalue weighted by molar-refractivity contribution is 0.196. The van der Waals surface area contributed by atoms with Crippen LogP contribution in [0.25, 0.3) is 0 Å². The molecule has 5 nitrogen and oxygen atoms in total. The lowest BCUT2D eigenvalue weighted by atomic mass is 10.1. The molecule has 17 heavy (non-hydrogen) atoms. The molecule has 0 heterocycles. The number of benzene rings is 1. The topological polar surface area (TPSA) is 96.7 Å². The quantitative estimate of drug-likeness (QED) is 0.438. The highest BCUT2D eigenvalue weighted by Gasteiger charge is 2.04. The molecule has 0 aliphatic carbocycles. The van der Waals surface area contributed by atoms with Crippen LogP contribution < -0.4 is 16.8 Å². The average molecular weight is 236 g/mol. The molecule has 1 aromatic rings. The van der Waals surface area contributed by atoms with Crippen LogP contribution in [0.3, 0.4) is 0 Å². The monoisotopic (exact) mass is 236 g/mol. The van der Waals surface area contributed by atoms with Crippen molar-refractivity contribution in [2.45, 2.75) is 20.0 Å². The van der Waals surface area contributed by atoms with Crippen molar-refractivity contribution >= 4 is 11.6 Å². The van der Waals surface area contributed by atoms with Gasteiger partial charge in [0.1, 0.15) is 0 Å². The lowest BCUT2D eigenvalue weighted by Gasteiger charge is -2.13. The van der Waals surface area contributed by atoms with Gasteiger partial charge in [-0.05, 0) is 25.5 Å². The van der Waals surface area contributed by atoms with Gasteiger partial charge in [0, 0.05) is 12.2 Å². The van der Waals surface area contributed by atoms with E-state index in [0.717, 1.165) is 11.3 Å². The predicted molar refractivity (Wildman–Crippen MR) is 71.1 cm³/mol. The number of aliphatic hydroxyl groups is 1. The molecule has 0 aromatic heterocycles. The van der Waals surface area contributed by atoms with Crippen molar-refractivity contribution in [2.24, 2.45) is 16.5 Å². The maximum absolute atomic E-state index is 9.62. The van der Waals surface area contributed by atoms with E-state index in [1.54, 1.807) is 0 Å². The molecule has 0 radical (unpaired) electrons. The number of nitrogens with one attached hydrogen (secondary N) is 1. The molecule has 0 saturated carbocycles. The Morgan fingerprint density at radius 1 is 1.41 bits per heavy atom. The van der Waals surface area contributed by atoms with Gasteiger partial charge in [0.05, 0.1) is 12.6 Å². The van der Waals surface area contributed by atoms with Crippen molar-refractivity contribution in [3.05, 3.63) is 29.3 Å². The van der Waals surface area contributed by atoms with Crippen LogP contribution in [0.2, 0.25) is 0 Å². The van der Waals surface area contributed by atoms with E-state index in [4.69, 9.17) is 11.5 Å². The van der Waals surface area contributed by atoms with Gasteiger partial charge in [0.25, 0.3) is 0 Å². The van der Waals surface area contributed by atoms with Crippen molar-refractivity contribution in [1.82, 2.24) is 0 Å². The summed E-state index contributed by atoms with van der Waals surface area (Å²) in [6.45, 7) is 4.70. The molecule has 5 heteroatoms. The number of hydrogen-bond donors (Lipinski definition) is 4. The Labute approximate surface area is 102 Å². The molecular weight excluding hydrogens is 216 g/mol. The van der Waals surface area contributed by atoms with Crippen LogP contribution in [0.4, 0.5) is 5.69 Å². The van der Waals surface area contributed by atoms with Gasteiger partial charge in [-0.2, -0.15) is 0 Å². The third kappa shape index (κ3) is 4.74. The van der Waals surface area contributed by atoms with Gasteiger partial charge in [0.2, 0.25) is 0 Å². The van der Waals surface area contributed by atoms with E-state index in [1.165, 1.54) is 5.56 Å². The largest absolute Gasteiger partial charge is 0.389 e. The molecule has 0 aliphatic rings. The molecule has 0 aliphatic heterocycles. The van der Waals surface area contributed by atoms with Gasteiger partial charge in [0.15, 0.2) is 5.96 Å². The van der Waals surface area contributed by atoms with Crippen molar-refractivity contribution in [1.29, 1.82) is 0 Å². The van der Waals surface area contributed by atoms with Crippen LogP contribution in [0.1, 0.15) is 11.1 Å². The number of nitrogens with zero attached hydrogens (tertiary/aromatic N) is 1. The zero-order valence-electron chi connectivity index (χ0n) is 10.3. The molecule has 0 bridgehead atoms. The van der Waals surface area contributed by atoms with Gasteiger partial charge in [-0.25, -0.2) is 0 Å². The van der Waals surface area contributed by atoms with Crippen molar-refractivity contribution in [2.75, 3.05) is 18.4 Å². The summed E-state index contributed by atoms with van der Waals surface area (Å²) in [7, 11) is 0. The second-order valence-electron chi connectivity index (χ2n) is 4.12. The molecule has 1 atom stereocenters. The summed E-state index contributed by atoms with van der Waals surface area (Å²) in [4.78, 5) is 3.76. The Hall–Kier alpha value is -1.75. The van der Waals surface area contributed by atoms with Crippen LogP contribution in [0, 0.1) is 13.8 Å². The van der Waals surface area contributed by atoms with E-state index in [-0.39, 0.29) is 12.5 Å². The number of guanidine groups is 1. The van der Waals surface area contributed by atoms with Gasteiger partial charge in [-0.3, -0.25) is 4.99 Å². The minimum Gasteiger partial charge on any atom is -0.389 e. The summed E-state index contributed by atoms with van der Waals surface area (Å²) < 4.78 is 0. The van der Waals surface area contributed by atoms with Gasteiger partial charge >= 0.3 is 0 Å². The number of anilines is 1. The van der Waals surface area contributed by atoms with Crippen LogP contribution in [0.5, 0.6) is 0 Å². The highest BCUT2D eigenvalue weighted by Crippen LogP contribution is 2.15. The fourth-order valence-corrected chi connectivity index (χ4v) is 1.52. The molecule has 6 N–H and O–H groups in total. The van der Waals surface area contributed by atoms with Crippen molar-refractivity contribution < 1.29 is 5.11 Å². The van der Waals surface area contributed by atoms with E-state index < -0.39 is 6.10 Å². The molecule has 0 fully saturated rings. The molecule has 0 spiro atoms. The summed E-state index contributed by atoms with van der Waals surface area (Å²) in [6, 6.07) is 6.11. The third-order valence-electron chi connectivity index (χ3n) is 2.39. The van der Waals surface area contributed by atoms with Gasteiger partial charge in [-0.15, -0.1) is 0 Å². The Balaban J connectivity index is 2.47. The van der Waals surface area contributed by atoms with Crippen LogP contribution in [-0.2, 0) is 0 Å². The Morgan fingerprint density at radius 3 is 2.71 bits per heavy atom. The number of rotatable bonds is 5. The Bertz CT molecular complexity index is 399. The van der Waals surface area contributed by atoms with E-state index in [2.05, 4.69) is 16.4 Å². The first-order chi connectivity index (χ1) is 7.99. The van der Waals surface area contributed by atoms with Gasteiger partial charge < -0.3 is 21.9 Å².